The Morgan fingerprint density at radius 3 is 2.44 bits per heavy atom. The van der Waals surface area contributed by atoms with E-state index in [2.05, 4.69) is 5.10 Å². The lowest BCUT2D eigenvalue weighted by atomic mass is 10.1. The van der Waals surface area contributed by atoms with E-state index in [1.807, 2.05) is 4.72 Å². The highest BCUT2D eigenvalue weighted by Crippen LogP contribution is 2.28. The molecular formula is C17H12Cl3N3O3S. The number of benzene rings is 2. The SMILES string of the molecule is Cn1nc(C(=O)NS(=O)(=O)c2cccc(Cl)c2)cc1-c1ccc(Cl)c(Cl)c1. The van der Waals surface area contributed by atoms with Gasteiger partial charge in [0.15, 0.2) is 5.69 Å². The third-order valence-corrected chi connectivity index (χ3v) is 5.96. The molecule has 1 aromatic heterocycles. The molecule has 140 valence electrons. The highest BCUT2D eigenvalue weighted by molar-refractivity contribution is 7.90. The molecular weight excluding hydrogens is 433 g/mol. The molecule has 0 unspecified atom stereocenters. The van der Waals surface area contributed by atoms with Crippen LogP contribution in [0.15, 0.2) is 53.4 Å². The van der Waals surface area contributed by atoms with Crippen molar-refractivity contribution in [1.29, 1.82) is 0 Å². The second-order valence-corrected chi connectivity index (χ2v) is 8.49. The largest absolute Gasteiger partial charge is 0.285 e. The maximum Gasteiger partial charge on any atom is 0.285 e. The Morgan fingerprint density at radius 2 is 1.78 bits per heavy atom. The van der Waals surface area contributed by atoms with Crippen molar-refractivity contribution < 1.29 is 13.2 Å². The normalized spacial score (nSPS) is 11.4. The maximum absolute atomic E-state index is 12.4. The predicted molar refractivity (Wildman–Crippen MR) is 105 cm³/mol. The van der Waals surface area contributed by atoms with Crippen LogP contribution in [0.1, 0.15) is 10.5 Å². The van der Waals surface area contributed by atoms with Gasteiger partial charge in [0.25, 0.3) is 15.9 Å². The number of carbonyl (C=O) groups is 1. The van der Waals surface area contributed by atoms with Crippen LogP contribution >= 0.6 is 34.8 Å². The number of carbonyl (C=O) groups excluding carboxylic acids is 1. The third kappa shape index (κ3) is 4.27. The lowest BCUT2D eigenvalue weighted by Gasteiger charge is -2.05. The lowest BCUT2D eigenvalue weighted by molar-refractivity contribution is 0.0976. The van der Waals surface area contributed by atoms with Crippen LogP contribution < -0.4 is 4.72 Å². The quantitative estimate of drug-likeness (QED) is 0.655. The van der Waals surface area contributed by atoms with Crippen molar-refractivity contribution in [2.45, 2.75) is 4.90 Å². The number of rotatable bonds is 4. The summed E-state index contributed by atoms with van der Waals surface area (Å²) in [6, 6.07) is 12.0. The summed E-state index contributed by atoms with van der Waals surface area (Å²) in [7, 11) is -2.46. The first-order valence-electron chi connectivity index (χ1n) is 7.49. The molecule has 10 heteroatoms. The molecule has 1 N–H and O–H groups in total. The van der Waals surface area contributed by atoms with Crippen LogP contribution in [0.3, 0.4) is 0 Å². The second-order valence-electron chi connectivity index (χ2n) is 5.56. The van der Waals surface area contributed by atoms with Crippen molar-refractivity contribution in [2.75, 3.05) is 0 Å². The fourth-order valence-corrected chi connectivity index (χ4v) is 3.93. The minimum atomic E-state index is -4.08. The van der Waals surface area contributed by atoms with Crippen LogP contribution in [0.2, 0.25) is 15.1 Å². The summed E-state index contributed by atoms with van der Waals surface area (Å²) in [5.41, 5.74) is 1.18. The summed E-state index contributed by atoms with van der Waals surface area (Å²) in [6.45, 7) is 0. The molecule has 0 aliphatic carbocycles. The number of sulfonamides is 1. The van der Waals surface area contributed by atoms with Gasteiger partial charge in [0.2, 0.25) is 0 Å². The van der Waals surface area contributed by atoms with Gasteiger partial charge in [-0.25, -0.2) is 13.1 Å². The van der Waals surface area contributed by atoms with Crippen LogP contribution in [0.25, 0.3) is 11.3 Å². The fraction of sp³-hybridized carbons (Fsp3) is 0.0588. The number of hydrogen-bond donors (Lipinski definition) is 1. The number of nitrogens with zero attached hydrogens (tertiary/aromatic N) is 2. The van der Waals surface area contributed by atoms with Gasteiger partial charge in [-0.05, 0) is 36.4 Å². The van der Waals surface area contributed by atoms with Gasteiger partial charge in [0.1, 0.15) is 0 Å². The Kier molecular flexibility index (Phi) is 5.48. The molecule has 0 saturated carbocycles. The van der Waals surface area contributed by atoms with Gasteiger partial charge in [-0.3, -0.25) is 9.48 Å². The highest BCUT2D eigenvalue weighted by atomic mass is 35.5. The first kappa shape index (κ1) is 19.7. The van der Waals surface area contributed by atoms with Crippen LogP contribution in [-0.2, 0) is 17.1 Å². The summed E-state index contributed by atoms with van der Waals surface area (Å²) in [6.07, 6.45) is 0. The average Bonchev–Trinajstić information content (AvgIpc) is 2.99. The number of nitrogens with one attached hydrogen (secondary N) is 1. The number of halogens is 3. The van der Waals surface area contributed by atoms with Crippen molar-refractivity contribution >= 4 is 50.7 Å². The zero-order valence-electron chi connectivity index (χ0n) is 13.8. The standard InChI is InChI=1S/C17H12Cl3N3O3S/c1-23-16(10-5-6-13(19)14(20)7-10)9-15(21-23)17(24)22-27(25,26)12-4-2-3-11(18)8-12/h2-9H,1H3,(H,22,24). The maximum atomic E-state index is 12.4. The molecule has 0 spiro atoms. The molecule has 1 heterocycles. The van der Waals surface area contributed by atoms with E-state index in [0.717, 1.165) is 0 Å². The topological polar surface area (TPSA) is 81.1 Å². The van der Waals surface area contributed by atoms with E-state index in [-0.39, 0.29) is 15.6 Å². The van der Waals surface area contributed by atoms with Gasteiger partial charge >= 0.3 is 0 Å². The van der Waals surface area contributed by atoms with Crippen molar-refractivity contribution in [3.63, 3.8) is 0 Å². The zero-order valence-corrected chi connectivity index (χ0v) is 16.9. The smallest absolute Gasteiger partial charge is 0.267 e. The van der Waals surface area contributed by atoms with E-state index >= 15 is 0 Å². The lowest BCUT2D eigenvalue weighted by Crippen LogP contribution is -2.31. The average molecular weight is 445 g/mol. The fourth-order valence-electron chi connectivity index (χ4n) is 2.37. The molecule has 0 saturated heterocycles. The van der Waals surface area contributed by atoms with Crippen LogP contribution in [0.5, 0.6) is 0 Å². The van der Waals surface area contributed by atoms with Gasteiger partial charge < -0.3 is 0 Å². The number of aryl methyl sites for hydroxylation is 1. The van der Waals surface area contributed by atoms with Crippen molar-refractivity contribution in [3.05, 3.63) is 69.3 Å². The Hall–Kier alpha value is -2.06. The van der Waals surface area contributed by atoms with E-state index in [1.165, 1.54) is 35.0 Å². The molecule has 2 aromatic carbocycles. The third-order valence-electron chi connectivity index (χ3n) is 3.66. The van der Waals surface area contributed by atoms with Gasteiger partial charge in [-0.15, -0.1) is 0 Å². The molecule has 0 atom stereocenters. The van der Waals surface area contributed by atoms with Crippen molar-refractivity contribution in [1.82, 2.24) is 14.5 Å². The molecule has 0 bridgehead atoms. The Bertz CT molecular complexity index is 1140. The van der Waals surface area contributed by atoms with Crippen molar-refractivity contribution in [2.24, 2.45) is 7.05 Å². The number of aromatic nitrogens is 2. The summed E-state index contributed by atoms with van der Waals surface area (Å²) < 4.78 is 28.1. The van der Waals surface area contributed by atoms with E-state index in [9.17, 15) is 13.2 Å². The predicted octanol–water partition coefficient (Wildman–Crippen LogP) is 4.17. The van der Waals surface area contributed by atoms with E-state index in [4.69, 9.17) is 34.8 Å². The molecule has 3 rings (SSSR count). The van der Waals surface area contributed by atoms with Gasteiger partial charge in [-0.2, -0.15) is 5.10 Å². The first-order chi connectivity index (χ1) is 12.7. The summed E-state index contributed by atoms with van der Waals surface area (Å²) >= 11 is 17.7. The Balaban J connectivity index is 1.89. The molecule has 0 radical (unpaired) electrons. The Morgan fingerprint density at radius 1 is 1.04 bits per heavy atom. The number of hydrogen-bond acceptors (Lipinski definition) is 4. The monoisotopic (exact) mass is 443 g/mol. The molecule has 27 heavy (non-hydrogen) atoms. The number of amides is 1. The summed E-state index contributed by atoms with van der Waals surface area (Å²) in [5.74, 6) is -0.864. The zero-order chi connectivity index (χ0) is 19.8. The van der Waals surface area contributed by atoms with Gasteiger partial charge in [0, 0.05) is 17.6 Å². The van der Waals surface area contributed by atoms with E-state index in [0.29, 0.717) is 21.3 Å². The molecule has 3 aromatic rings. The van der Waals surface area contributed by atoms with Crippen LogP contribution in [0.4, 0.5) is 0 Å². The highest BCUT2D eigenvalue weighted by Gasteiger charge is 2.22. The van der Waals surface area contributed by atoms with Gasteiger partial charge in [-0.1, -0.05) is 46.9 Å². The van der Waals surface area contributed by atoms with E-state index < -0.39 is 15.9 Å². The van der Waals surface area contributed by atoms with E-state index in [1.54, 1.807) is 25.2 Å². The minimum Gasteiger partial charge on any atom is -0.267 e. The summed E-state index contributed by atoms with van der Waals surface area (Å²) in [5, 5.41) is 5.06. The molecule has 6 nitrogen and oxygen atoms in total. The minimum absolute atomic E-state index is 0.0656. The van der Waals surface area contributed by atoms with Crippen molar-refractivity contribution in [3.8, 4) is 11.3 Å². The first-order valence-corrected chi connectivity index (χ1v) is 10.1. The van der Waals surface area contributed by atoms with Crippen LogP contribution in [0, 0.1) is 0 Å². The molecule has 1 amide bonds. The molecule has 0 aliphatic rings. The summed E-state index contributed by atoms with van der Waals surface area (Å²) in [4.78, 5) is 12.3. The van der Waals surface area contributed by atoms with Crippen LogP contribution in [-0.4, -0.2) is 24.1 Å². The second kappa shape index (κ2) is 7.52. The Labute approximate surface area is 170 Å². The molecule has 0 aliphatic heterocycles. The van der Waals surface area contributed by atoms with Gasteiger partial charge in [0.05, 0.1) is 20.6 Å². The molecule has 0 fully saturated rings.